The minimum Gasteiger partial charge on any atom is -0.759 e. The maximum absolute atomic E-state index is 9.37. The van der Waals surface area contributed by atoms with Crippen LogP contribution in [0.15, 0.2) is 84.9 Å². The van der Waals surface area contributed by atoms with Crippen molar-refractivity contribution in [1.82, 2.24) is 0 Å². The second kappa shape index (κ2) is 13.2. The largest absolute Gasteiger partial charge is 1.00 e. The fraction of sp³-hybridized carbons (Fsp3) is 0. The summed E-state index contributed by atoms with van der Waals surface area (Å²) < 4.78 is 34.1. The number of benzene rings is 4. The number of aromatic hydroxyl groups is 2. The molecule has 0 saturated heterocycles. The third-order valence-electron chi connectivity index (χ3n) is 3.53. The molecule has 4 aromatic rings. The van der Waals surface area contributed by atoms with Crippen LogP contribution in [-0.4, -0.2) is 27.7 Å². The molecular weight excluding hydrogens is 414 g/mol. The van der Waals surface area contributed by atoms with Gasteiger partial charge in [0.2, 0.25) is 0 Å². The summed E-state index contributed by atoms with van der Waals surface area (Å²) >= 11 is 0. The quantitative estimate of drug-likeness (QED) is 0.185. The summed E-state index contributed by atoms with van der Waals surface area (Å²) in [5, 5.41) is 22.7. The molecule has 9 heteroatoms. The molecule has 0 heterocycles. The van der Waals surface area contributed by atoms with E-state index in [4.69, 9.17) is 17.5 Å². The van der Waals surface area contributed by atoms with Crippen LogP contribution in [0.1, 0.15) is 0 Å². The van der Waals surface area contributed by atoms with Gasteiger partial charge in [0.05, 0.1) is 0 Å². The summed E-state index contributed by atoms with van der Waals surface area (Å²) in [4.78, 5) is 0. The van der Waals surface area contributed by atoms with Crippen molar-refractivity contribution in [3.05, 3.63) is 84.9 Å². The maximum atomic E-state index is 9.37. The van der Waals surface area contributed by atoms with Crippen molar-refractivity contribution in [3.8, 4) is 11.5 Å². The molecule has 0 fully saturated rings. The van der Waals surface area contributed by atoms with E-state index in [9.17, 15) is 10.2 Å². The van der Waals surface area contributed by atoms with Crippen LogP contribution >= 0.6 is 0 Å². The summed E-state index contributed by atoms with van der Waals surface area (Å²) in [6, 6.07) is 26.6. The minimum atomic E-state index is -5.17. The third kappa shape index (κ3) is 9.95. The van der Waals surface area contributed by atoms with Crippen molar-refractivity contribution in [2.45, 2.75) is 0 Å². The third-order valence-corrected chi connectivity index (χ3v) is 3.53. The van der Waals surface area contributed by atoms with Crippen molar-refractivity contribution in [2.24, 2.45) is 0 Å². The van der Waals surface area contributed by atoms with Gasteiger partial charge in [-0.2, -0.15) is 0 Å². The predicted octanol–water partition coefficient (Wildman–Crippen LogP) is -2.24. The van der Waals surface area contributed by atoms with Gasteiger partial charge in [-0.15, -0.1) is 0 Å². The second-order valence-corrected chi connectivity index (χ2v) is 6.22. The average molecular weight is 430 g/mol. The number of phenolic OH excluding ortho intramolecular Hbond substituents is 2. The van der Waals surface area contributed by atoms with Gasteiger partial charge in [-0.25, -0.2) is 0 Å². The molecule has 0 radical (unpaired) electrons. The zero-order valence-corrected chi connectivity index (χ0v) is 20.8. The molecular formula is C20H16Na2O6S. The molecule has 0 unspecified atom stereocenters. The molecule has 0 aliphatic rings. The molecule has 0 saturated carbocycles. The summed E-state index contributed by atoms with van der Waals surface area (Å²) in [6.07, 6.45) is 0. The molecule has 29 heavy (non-hydrogen) atoms. The van der Waals surface area contributed by atoms with Gasteiger partial charge < -0.3 is 19.3 Å². The summed E-state index contributed by atoms with van der Waals surface area (Å²) in [5.41, 5.74) is 0. The van der Waals surface area contributed by atoms with E-state index in [0.717, 1.165) is 21.5 Å². The van der Waals surface area contributed by atoms with Crippen LogP contribution in [0.5, 0.6) is 11.5 Å². The van der Waals surface area contributed by atoms with Gasteiger partial charge in [-0.05, 0) is 22.9 Å². The molecule has 2 N–H and O–H groups in total. The molecule has 4 aromatic carbocycles. The fourth-order valence-electron chi connectivity index (χ4n) is 2.42. The number of hydrogen-bond acceptors (Lipinski definition) is 6. The molecule has 0 amide bonds. The van der Waals surface area contributed by atoms with E-state index in [1.165, 1.54) is 0 Å². The van der Waals surface area contributed by atoms with Crippen molar-refractivity contribution in [1.29, 1.82) is 0 Å². The van der Waals surface area contributed by atoms with Crippen LogP contribution in [0.4, 0.5) is 0 Å². The Hall–Kier alpha value is -1.13. The van der Waals surface area contributed by atoms with Crippen molar-refractivity contribution in [3.63, 3.8) is 0 Å². The molecule has 0 atom stereocenters. The van der Waals surface area contributed by atoms with E-state index in [1.54, 1.807) is 12.1 Å². The predicted molar refractivity (Wildman–Crippen MR) is 102 cm³/mol. The van der Waals surface area contributed by atoms with Gasteiger partial charge in [0, 0.05) is 21.2 Å². The molecule has 4 rings (SSSR count). The molecule has 0 aliphatic heterocycles. The van der Waals surface area contributed by atoms with E-state index in [1.807, 2.05) is 72.8 Å². The molecule has 0 aromatic heterocycles. The summed E-state index contributed by atoms with van der Waals surface area (Å²) in [5.74, 6) is 0.700. The van der Waals surface area contributed by atoms with E-state index < -0.39 is 10.4 Å². The molecule has 0 spiro atoms. The zero-order valence-electron chi connectivity index (χ0n) is 16.0. The Labute approximate surface area is 213 Å². The standard InChI is InChI=1S/2C10H8O.2Na.H2O4S/c2*11-10-7-3-5-8-4-1-2-6-9(8)10;;;1-5(2,3)4/h2*1-7,11H;;;(H2,1,2,3,4)/q;;2*+1;/p-2. The van der Waals surface area contributed by atoms with Crippen LogP contribution in [-0.2, 0) is 10.4 Å². The van der Waals surface area contributed by atoms with Gasteiger partial charge in [-0.3, -0.25) is 8.42 Å². The first-order valence-corrected chi connectivity index (χ1v) is 9.09. The zero-order chi connectivity index (χ0) is 19.9. The van der Waals surface area contributed by atoms with E-state index in [-0.39, 0.29) is 59.1 Å². The Balaban J connectivity index is 0.000000420. The normalized spacial score (nSPS) is 9.72. The first kappa shape index (κ1) is 27.9. The Morgan fingerprint density at radius 1 is 0.552 bits per heavy atom. The molecule has 0 aliphatic carbocycles. The monoisotopic (exact) mass is 430 g/mol. The van der Waals surface area contributed by atoms with Crippen molar-refractivity contribution in [2.75, 3.05) is 0 Å². The molecule has 0 bridgehead atoms. The van der Waals surface area contributed by atoms with Crippen molar-refractivity contribution < 1.29 is 86.9 Å². The van der Waals surface area contributed by atoms with Gasteiger partial charge in [0.1, 0.15) is 11.5 Å². The topological polar surface area (TPSA) is 121 Å². The van der Waals surface area contributed by atoms with Crippen LogP contribution in [0.25, 0.3) is 21.5 Å². The number of phenols is 2. The molecule has 140 valence electrons. The van der Waals surface area contributed by atoms with Crippen LogP contribution in [0, 0.1) is 0 Å². The second-order valence-electron chi connectivity index (χ2n) is 5.40. The van der Waals surface area contributed by atoms with E-state index in [2.05, 4.69) is 0 Å². The van der Waals surface area contributed by atoms with Gasteiger partial charge in [0.15, 0.2) is 0 Å². The Bertz CT molecular complexity index is 1050. The van der Waals surface area contributed by atoms with E-state index in [0.29, 0.717) is 11.5 Å². The Kier molecular flexibility index (Phi) is 12.7. The Morgan fingerprint density at radius 2 is 0.828 bits per heavy atom. The van der Waals surface area contributed by atoms with E-state index >= 15 is 0 Å². The SMILES string of the molecule is O=S(=O)([O-])[O-].Oc1cccc2ccccc12.Oc1cccc2ccccc12.[Na+].[Na+]. The minimum absolute atomic E-state index is 0. The van der Waals surface area contributed by atoms with Crippen LogP contribution < -0.4 is 59.1 Å². The van der Waals surface area contributed by atoms with Gasteiger partial charge in [-0.1, -0.05) is 72.8 Å². The molecule has 6 nitrogen and oxygen atoms in total. The average Bonchev–Trinajstić information content (AvgIpc) is 2.62. The van der Waals surface area contributed by atoms with Gasteiger partial charge >= 0.3 is 59.1 Å². The first-order valence-electron chi connectivity index (χ1n) is 7.76. The number of rotatable bonds is 0. The summed E-state index contributed by atoms with van der Waals surface area (Å²) in [6.45, 7) is 0. The Morgan fingerprint density at radius 3 is 1.14 bits per heavy atom. The first-order chi connectivity index (χ1) is 12.8. The van der Waals surface area contributed by atoms with Gasteiger partial charge in [0.25, 0.3) is 0 Å². The van der Waals surface area contributed by atoms with Crippen LogP contribution in [0.3, 0.4) is 0 Å². The fourth-order valence-corrected chi connectivity index (χ4v) is 2.42. The van der Waals surface area contributed by atoms with Crippen molar-refractivity contribution >= 4 is 31.9 Å². The smallest absolute Gasteiger partial charge is 0.759 e. The maximum Gasteiger partial charge on any atom is 1.00 e. The summed E-state index contributed by atoms with van der Waals surface area (Å²) in [7, 11) is -5.17. The van der Waals surface area contributed by atoms with Crippen LogP contribution in [0.2, 0.25) is 0 Å². The number of hydrogen-bond donors (Lipinski definition) is 2. The number of fused-ring (bicyclic) bond motifs is 2.